The summed E-state index contributed by atoms with van der Waals surface area (Å²) in [5.41, 5.74) is 3.77. The molecule has 0 aromatic heterocycles. The van der Waals surface area contributed by atoms with Gasteiger partial charge in [-0.3, -0.25) is 9.59 Å². The van der Waals surface area contributed by atoms with Gasteiger partial charge in [-0.1, -0.05) is 29.8 Å². The van der Waals surface area contributed by atoms with Crippen LogP contribution in [0.15, 0.2) is 42.5 Å². The summed E-state index contributed by atoms with van der Waals surface area (Å²) >= 11 is 5.90. The second-order valence-corrected chi connectivity index (χ2v) is 6.37. The zero-order valence-electron chi connectivity index (χ0n) is 14.0. The number of nitrogens with one attached hydrogen (secondary N) is 2. The first-order valence-electron chi connectivity index (χ1n) is 7.74. The summed E-state index contributed by atoms with van der Waals surface area (Å²) in [7, 11) is 0. The number of hydrogen-bond acceptors (Lipinski definition) is 2. The molecule has 5 heteroatoms. The van der Waals surface area contributed by atoms with E-state index in [4.69, 9.17) is 11.6 Å². The molecule has 2 amide bonds. The largest absolute Gasteiger partial charge is 0.349 e. The Morgan fingerprint density at radius 2 is 1.62 bits per heavy atom. The van der Waals surface area contributed by atoms with Crippen molar-refractivity contribution in [2.24, 2.45) is 0 Å². The average Bonchev–Trinajstić information content (AvgIpc) is 2.45. The fraction of sp³-hybridized carbons (Fsp3) is 0.263. The lowest BCUT2D eigenvalue weighted by molar-refractivity contribution is -0.120. The molecule has 4 nitrogen and oxygen atoms in total. The molecule has 0 saturated heterocycles. The highest BCUT2D eigenvalue weighted by Crippen LogP contribution is 2.21. The molecule has 2 aromatic carbocycles. The third-order valence-corrected chi connectivity index (χ3v) is 3.80. The fourth-order valence-corrected chi connectivity index (χ4v) is 2.76. The smallest absolute Gasteiger partial charge is 0.226 e. The molecule has 1 unspecified atom stereocenters. The summed E-state index contributed by atoms with van der Waals surface area (Å²) in [5, 5.41) is 6.32. The average molecular weight is 345 g/mol. The summed E-state index contributed by atoms with van der Waals surface area (Å²) in [6.45, 7) is 5.40. The minimum Gasteiger partial charge on any atom is -0.349 e. The van der Waals surface area contributed by atoms with E-state index in [-0.39, 0.29) is 18.2 Å². The number of carbonyl (C=O) groups is 2. The molecule has 1 atom stereocenters. The Kier molecular flexibility index (Phi) is 5.99. The second kappa shape index (κ2) is 7.97. The van der Waals surface area contributed by atoms with Gasteiger partial charge in [-0.25, -0.2) is 0 Å². The predicted octanol–water partition coefficient (Wildman–Crippen LogP) is 4.16. The van der Waals surface area contributed by atoms with Gasteiger partial charge in [-0.15, -0.1) is 0 Å². The van der Waals surface area contributed by atoms with Crippen molar-refractivity contribution in [1.82, 2.24) is 5.32 Å². The fourth-order valence-electron chi connectivity index (χ4n) is 2.64. The number of hydrogen-bond donors (Lipinski definition) is 2. The van der Waals surface area contributed by atoms with Gasteiger partial charge in [0.2, 0.25) is 11.8 Å². The lowest BCUT2D eigenvalue weighted by atomic mass is 10.0. The van der Waals surface area contributed by atoms with Crippen molar-refractivity contribution < 1.29 is 9.59 Å². The van der Waals surface area contributed by atoms with Crippen LogP contribution in [0.2, 0.25) is 5.02 Å². The molecule has 2 N–H and O–H groups in total. The van der Waals surface area contributed by atoms with E-state index in [0.717, 1.165) is 22.4 Å². The molecule has 24 heavy (non-hydrogen) atoms. The normalized spacial score (nSPS) is 11.7. The quantitative estimate of drug-likeness (QED) is 0.855. The van der Waals surface area contributed by atoms with E-state index in [0.29, 0.717) is 5.02 Å². The number of rotatable bonds is 5. The third kappa shape index (κ3) is 5.39. The van der Waals surface area contributed by atoms with Gasteiger partial charge in [-0.05, 0) is 54.8 Å². The van der Waals surface area contributed by atoms with Crippen LogP contribution in [0.4, 0.5) is 5.69 Å². The first-order chi connectivity index (χ1) is 11.3. The van der Waals surface area contributed by atoms with Crippen molar-refractivity contribution in [3.8, 4) is 0 Å². The molecular weight excluding hydrogens is 324 g/mol. The molecule has 0 spiro atoms. The Bertz CT molecular complexity index is 721. The van der Waals surface area contributed by atoms with Crippen molar-refractivity contribution in [2.45, 2.75) is 33.2 Å². The van der Waals surface area contributed by atoms with Gasteiger partial charge >= 0.3 is 0 Å². The lowest BCUT2D eigenvalue weighted by Gasteiger charge is -2.18. The Morgan fingerprint density at radius 1 is 1.04 bits per heavy atom. The van der Waals surface area contributed by atoms with Crippen LogP contribution in [0, 0.1) is 13.8 Å². The van der Waals surface area contributed by atoms with Gasteiger partial charge in [0, 0.05) is 17.6 Å². The minimum atomic E-state index is -0.398. The topological polar surface area (TPSA) is 58.2 Å². The number of amides is 2. The SMILES string of the molecule is CC(=O)NC(CC(=O)Nc1cc(C)cc(C)c1)c1ccc(Cl)cc1. The molecule has 0 heterocycles. The molecule has 0 radical (unpaired) electrons. The van der Waals surface area contributed by atoms with Gasteiger partial charge in [0.25, 0.3) is 0 Å². The van der Waals surface area contributed by atoms with E-state index in [1.165, 1.54) is 6.92 Å². The Hall–Kier alpha value is -2.33. The number of aryl methyl sites for hydroxylation is 2. The molecule has 0 bridgehead atoms. The van der Waals surface area contributed by atoms with Crippen LogP contribution >= 0.6 is 11.6 Å². The van der Waals surface area contributed by atoms with Gasteiger partial charge in [0.15, 0.2) is 0 Å². The van der Waals surface area contributed by atoms with Crippen molar-refractivity contribution in [1.29, 1.82) is 0 Å². The highest BCUT2D eigenvalue weighted by Gasteiger charge is 2.17. The van der Waals surface area contributed by atoms with Gasteiger partial charge in [0.1, 0.15) is 0 Å². The van der Waals surface area contributed by atoms with E-state index in [2.05, 4.69) is 10.6 Å². The molecule has 126 valence electrons. The van der Waals surface area contributed by atoms with Crippen LogP contribution in [0.3, 0.4) is 0 Å². The van der Waals surface area contributed by atoms with Crippen LogP contribution in [0.25, 0.3) is 0 Å². The maximum absolute atomic E-state index is 12.4. The van der Waals surface area contributed by atoms with Crippen molar-refractivity contribution >= 4 is 29.1 Å². The summed E-state index contributed by atoms with van der Waals surface area (Å²) in [6, 6.07) is 12.6. The molecule has 0 aliphatic carbocycles. The standard InChI is InChI=1S/C19H21ClN2O2/c1-12-8-13(2)10-17(9-12)22-19(24)11-18(21-14(3)23)15-4-6-16(20)7-5-15/h4-10,18H,11H2,1-3H3,(H,21,23)(H,22,24). The van der Waals surface area contributed by atoms with Crippen LogP contribution in [0.1, 0.15) is 36.1 Å². The van der Waals surface area contributed by atoms with Gasteiger partial charge in [-0.2, -0.15) is 0 Å². The number of benzene rings is 2. The van der Waals surface area contributed by atoms with E-state index < -0.39 is 6.04 Å². The Labute approximate surface area is 147 Å². The zero-order chi connectivity index (χ0) is 17.7. The lowest BCUT2D eigenvalue weighted by Crippen LogP contribution is -2.29. The molecule has 0 fully saturated rings. The monoisotopic (exact) mass is 344 g/mol. The molecule has 2 rings (SSSR count). The molecule has 0 aliphatic rings. The predicted molar refractivity (Wildman–Crippen MR) is 97.2 cm³/mol. The van der Waals surface area contributed by atoms with E-state index in [9.17, 15) is 9.59 Å². The first kappa shape index (κ1) is 18.0. The maximum atomic E-state index is 12.4. The first-order valence-corrected chi connectivity index (χ1v) is 8.12. The van der Waals surface area contributed by atoms with Gasteiger partial charge < -0.3 is 10.6 Å². The van der Waals surface area contributed by atoms with Crippen molar-refractivity contribution in [3.63, 3.8) is 0 Å². The van der Waals surface area contributed by atoms with Crippen LogP contribution in [-0.2, 0) is 9.59 Å². The van der Waals surface area contributed by atoms with Crippen molar-refractivity contribution in [2.75, 3.05) is 5.32 Å². The summed E-state index contributed by atoms with van der Waals surface area (Å²) < 4.78 is 0. The zero-order valence-corrected chi connectivity index (χ0v) is 14.8. The second-order valence-electron chi connectivity index (χ2n) is 5.93. The van der Waals surface area contributed by atoms with Crippen LogP contribution < -0.4 is 10.6 Å². The molecule has 0 saturated carbocycles. The van der Waals surface area contributed by atoms with Gasteiger partial charge in [0.05, 0.1) is 12.5 Å². The number of anilines is 1. The van der Waals surface area contributed by atoms with E-state index >= 15 is 0 Å². The van der Waals surface area contributed by atoms with Crippen LogP contribution in [0.5, 0.6) is 0 Å². The molecule has 0 aliphatic heterocycles. The van der Waals surface area contributed by atoms with E-state index in [1.807, 2.05) is 44.2 Å². The van der Waals surface area contributed by atoms with Crippen LogP contribution in [-0.4, -0.2) is 11.8 Å². The summed E-state index contributed by atoms with van der Waals surface area (Å²) in [6.07, 6.45) is 0.147. The molecule has 2 aromatic rings. The maximum Gasteiger partial charge on any atom is 0.226 e. The highest BCUT2D eigenvalue weighted by atomic mass is 35.5. The summed E-state index contributed by atoms with van der Waals surface area (Å²) in [5.74, 6) is -0.345. The summed E-state index contributed by atoms with van der Waals surface area (Å²) in [4.78, 5) is 23.8. The number of halogens is 1. The van der Waals surface area contributed by atoms with Crippen molar-refractivity contribution in [3.05, 3.63) is 64.2 Å². The Balaban J connectivity index is 2.11. The third-order valence-electron chi connectivity index (χ3n) is 3.54. The van der Waals surface area contributed by atoms with E-state index in [1.54, 1.807) is 12.1 Å². The Morgan fingerprint density at radius 3 is 2.17 bits per heavy atom. The number of carbonyl (C=O) groups excluding carboxylic acids is 2. The highest BCUT2D eigenvalue weighted by molar-refractivity contribution is 6.30. The molecular formula is C19H21ClN2O2. The minimum absolute atomic E-state index is 0.147.